The predicted octanol–water partition coefficient (Wildman–Crippen LogP) is 4.18. The maximum absolute atomic E-state index is 5.84. The first kappa shape index (κ1) is 14.7. The van der Waals surface area contributed by atoms with Gasteiger partial charge in [-0.1, -0.05) is 35.0 Å². The van der Waals surface area contributed by atoms with E-state index in [1.807, 2.05) is 30.3 Å². The van der Waals surface area contributed by atoms with Gasteiger partial charge in [0.05, 0.1) is 7.11 Å². The molecule has 3 nitrogen and oxygen atoms in total. The molecule has 0 amide bonds. The number of halogens is 1. The molecule has 2 aromatic carbocycles. The second kappa shape index (κ2) is 6.66. The number of benzene rings is 2. The summed E-state index contributed by atoms with van der Waals surface area (Å²) in [5.74, 6) is 1.50. The first-order chi connectivity index (χ1) is 9.63. The maximum atomic E-state index is 5.84. The Morgan fingerprint density at radius 3 is 2.55 bits per heavy atom. The quantitative estimate of drug-likeness (QED) is 0.833. The van der Waals surface area contributed by atoms with Gasteiger partial charge in [0, 0.05) is 15.7 Å². The van der Waals surface area contributed by atoms with Gasteiger partial charge in [0.15, 0.2) is 11.5 Å². The van der Waals surface area contributed by atoms with Crippen LogP contribution in [0.4, 0.5) is 5.69 Å². The lowest BCUT2D eigenvalue weighted by atomic mass is 10.1. The smallest absolute Gasteiger partial charge is 0.161 e. The summed E-state index contributed by atoms with van der Waals surface area (Å²) in [5, 5.41) is 0. The van der Waals surface area contributed by atoms with Crippen molar-refractivity contribution in [2.24, 2.45) is 0 Å². The number of hydrogen-bond donors (Lipinski definition) is 1. The number of hydrogen-bond acceptors (Lipinski definition) is 3. The van der Waals surface area contributed by atoms with Crippen LogP contribution in [0.1, 0.15) is 18.1 Å². The number of rotatable bonds is 5. The zero-order chi connectivity index (χ0) is 14.5. The molecule has 2 N–H and O–H groups in total. The molecule has 0 bridgehead atoms. The maximum Gasteiger partial charge on any atom is 0.161 e. The van der Waals surface area contributed by atoms with Crippen LogP contribution in [0.2, 0.25) is 0 Å². The summed E-state index contributed by atoms with van der Waals surface area (Å²) in [6.07, 6.45) is 0.972. The van der Waals surface area contributed by atoms with Crippen molar-refractivity contribution in [3.8, 4) is 11.5 Å². The highest BCUT2D eigenvalue weighted by atomic mass is 79.9. The van der Waals surface area contributed by atoms with Gasteiger partial charge in [0.25, 0.3) is 0 Å². The fourth-order valence-electron chi connectivity index (χ4n) is 1.89. The zero-order valence-electron chi connectivity index (χ0n) is 11.7. The minimum absolute atomic E-state index is 0.461. The Morgan fingerprint density at radius 1 is 1.10 bits per heavy atom. The fraction of sp³-hybridized carbons (Fsp3) is 0.250. The molecule has 0 aliphatic heterocycles. The Morgan fingerprint density at radius 2 is 1.90 bits per heavy atom. The standard InChI is InChI=1S/C16H18BrNO2/c1-3-11-4-7-15(16(8-11)19-2)20-10-12-5-6-13(18)9-14(12)17/h4-9H,3,10,18H2,1-2H3. The number of ether oxygens (including phenoxy) is 2. The van der Waals surface area contributed by atoms with Crippen molar-refractivity contribution >= 4 is 21.6 Å². The normalized spacial score (nSPS) is 10.3. The van der Waals surface area contributed by atoms with Gasteiger partial charge in [-0.15, -0.1) is 0 Å². The molecule has 2 aromatic rings. The van der Waals surface area contributed by atoms with E-state index in [1.165, 1.54) is 5.56 Å². The Labute approximate surface area is 127 Å². The largest absolute Gasteiger partial charge is 0.493 e. The average Bonchev–Trinajstić information content (AvgIpc) is 2.46. The minimum atomic E-state index is 0.461. The molecule has 0 unspecified atom stereocenters. The van der Waals surface area contributed by atoms with E-state index in [-0.39, 0.29) is 0 Å². The van der Waals surface area contributed by atoms with Crippen LogP contribution < -0.4 is 15.2 Å². The van der Waals surface area contributed by atoms with E-state index in [0.717, 1.165) is 33.6 Å². The van der Waals surface area contributed by atoms with Crippen molar-refractivity contribution in [2.75, 3.05) is 12.8 Å². The van der Waals surface area contributed by atoms with Gasteiger partial charge in [-0.3, -0.25) is 0 Å². The van der Waals surface area contributed by atoms with Crippen molar-refractivity contribution in [1.29, 1.82) is 0 Å². The Hall–Kier alpha value is -1.68. The molecule has 0 spiro atoms. The molecule has 106 valence electrons. The van der Waals surface area contributed by atoms with Crippen molar-refractivity contribution in [1.82, 2.24) is 0 Å². The second-order valence-electron chi connectivity index (χ2n) is 4.48. The number of nitrogens with two attached hydrogens (primary N) is 1. The van der Waals surface area contributed by atoms with E-state index in [0.29, 0.717) is 6.61 Å². The number of aryl methyl sites for hydroxylation is 1. The fourth-order valence-corrected chi connectivity index (χ4v) is 2.40. The van der Waals surface area contributed by atoms with Crippen molar-refractivity contribution in [2.45, 2.75) is 20.0 Å². The van der Waals surface area contributed by atoms with Crippen LogP contribution in [0, 0.1) is 0 Å². The molecule has 0 aliphatic carbocycles. The first-order valence-electron chi connectivity index (χ1n) is 6.47. The van der Waals surface area contributed by atoms with Crippen LogP contribution in [0.3, 0.4) is 0 Å². The highest BCUT2D eigenvalue weighted by molar-refractivity contribution is 9.10. The third kappa shape index (κ3) is 3.45. The zero-order valence-corrected chi connectivity index (χ0v) is 13.2. The van der Waals surface area contributed by atoms with Gasteiger partial charge in [-0.2, -0.15) is 0 Å². The molecule has 0 radical (unpaired) electrons. The van der Waals surface area contributed by atoms with Crippen LogP contribution in [0.5, 0.6) is 11.5 Å². The van der Waals surface area contributed by atoms with Crippen LogP contribution in [-0.2, 0) is 13.0 Å². The van der Waals surface area contributed by atoms with Crippen molar-refractivity contribution in [3.63, 3.8) is 0 Å². The summed E-state index contributed by atoms with van der Waals surface area (Å²) in [4.78, 5) is 0. The van der Waals surface area contributed by atoms with Gasteiger partial charge < -0.3 is 15.2 Å². The summed E-state index contributed by atoms with van der Waals surface area (Å²) in [7, 11) is 1.65. The molecule has 0 heterocycles. The van der Waals surface area contributed by atoms with Crippen LogP contribution in [0.25, 0.3) is 0 Å². The van der Waals surface area contributed by atoms with Crippen LogP contribution in [0.15, 0.2) is 40.9 Å². The van der Waals surface area contributed by atoms with E-state index in [4.69, 9.17) is 15.2 Å². The Bertz CT molecular complexity index is 599. The van der Waals surface area contributed by atoms with Crippen molar-refractivity contribution in [3.05, 3.63) is 52.0 Å². The lowest BCUT2D eigenvalue weighted by molar-refractivity contribution is 0.284. The van der Waals surface area contributed by atoms with E-state index in [1.54, 1.807) is 7.11 Å². The van der Waals surface area contributed by atoms with Gasteiger partial charge in [-0.05, 0) is 36.2 Å². The van der Waals surface area contributed by atoms with E-state index in [9.17, 15) is 0 Å². The van der Waals surface area contributed by atoms with E-state index in [2.05, 4.69) is 28.9 Å². The summed E-state index contributed by atoms with van der Waals surface area (Å²) in [6.45, 7) is 2.57. The van der Waals surface area contributed by atoms with E-state index >= 15 is 0 Å². The van der Waals surface area contributed by atoms with Crippen molar-refractivity contribution < 1.29 is 9.47 Å². The summed E-state index contributed by atoms with van der Waals surface area (Å²) >= 11 is 3.49. The molecule has 0 saturated carbocycles. The summed E-state index contributed by atoms with van der Waals surface area (Å²) in [6, 6.07) is 11.7. The Balaban J connectivity index is 2.14. The van der Waals surface area contributed by atoms with Gasteiger partial charge >= 0.3 is 0 Å². The highest BCUT2D eigenvalue weighted by Crippen LogP contribution is 2.30. The second-order valence-corrected chi connectivity index (χ2v) is 5.33. The molecule has 0 saturated heterocycles. The predicted molar refractivity (Wildman–Crippen MR) is 85.3 cm³/mol. The molecule has 0 atom stereocenters. The number of nitrogen functional groups attached to an aromatic ring is 1. The lowest BCUT2D eigenvalue weighted by Gasteiger charge is -2.13. The number of anilines is 1. The van der Waals surface area contributed by atoms with Gasteiger partial charge in [-0.25, -0.2) is 0 Å². The summed E-state index contributed by atoms with van der Waals surface area (Å²) < 4.78 is 12.2. The summed E-state index contributed by atoms with van der Waals surface area (Å²) in [5.41, 5.74) is 8.72. The Kier molecular flexibility index (Phi) is 4.90. The third-order valence-corrected chi connectivity index (χ3v) is 3.83. The molecule has 0 fully saturated rings. The molecule has 2 rings (SSSR count). The first-order valence-corrected chi connectivity index (χ1v) is 7.27. The molecular weight excluding hydrogens is 318 g/mol. The van der Waals surface area contributed by atoms with E-state index < -0.39 is 0 Å². The molecule has 4 heteroatoms. The third-order valence-electron chi connectivity index (χ3n) is 3.10. The van der Waals surface area contributed by atoms with Crippen LogP contribution in [-0.4, -0.2) is 7.11 Å². The molecule has 0 aromatic heterocycles. The average molecular weight is 336 g/mol. The SMILES string of the molecule is CCc1ccc(OCc2ccc(N)cc2Br)c(OC)c1. The monoisotopic (exact) mass is 335 g/mol. The molecule has 20 heavy (non-hydrogen) atoms. The topological polar surface area (TPSA) is 44.5 Å². The minimum Gasteiger partial charge on any atom is -0.493 e. The highest BCUT2D eigenvalue weighted by Gasteiger charge is 2.07. The lowest BCUT2D eigenvalue weighted by Crippen LogP contribution is -1.99. The molecule has 0 aliphatic rings. The van der Waals surface area contributed by atoms with Crippen LogP contribution >= 0.6 is 15.9 Å². The van der Waals surface area contributed by atoms with Gasteiger partial charge in [0.2, 0.25) is 0 Å². The number of methoxy groups -OCH3 is 1. The van der Waals surface area contributed by atoms with Gasteiger partial charge in [0.1, 0.15) is 6.61 Å². The molecular formula is C16H18BrNO2.